The third kappa shape index (κ3) is 2.21. The van der Waals surface area contributed by atoms with E-state index in [9.17, 15) is 0 Å². The van der Waals surface area contributed by atoms with E-state index in [2.05, 4.69) is 0 Å². The first-order chi connectivity index (χ1) is 4.30. The van der Waals surface area contributed by atoms with Crippen LogP contribution in [0.2, 0.25) is 0 Å². The van der Waals surface area contributed by atoms with E-state index in [1.54, 1.807) is 24.3 Å². The average molecular weight is 138 g/mol. The molecule has 0 saturated heterocycles. The Kier molecular flexibility index (Phi) is 3.76. The molecule has 0 amide bonds. The number of rotatable bonds is 1. The van der Waals surface area contributed by atoms with E-state index >= 15 is 0 Å². The zero-order valence-corrected chi connectivity index (χ0v) is 4.86. The molecule has 54 valence electrons. The zero-order chi connectivity index (χ0) is 6.69. The van der Waals surface area contributed by atoms with Crippen molar-refractivity contribution in [3.63, 3.8) is 0 Å². The van der Waals surface area contributed by atoms with Gasteiger partial charge >= 0.3 is 7.12 Å². The highest BCUT2D eigenvalue weighted by atomic mass is 16.4. The van der Waals surface area contributed by atoms with Crippen molar-refractivity contribution in [2.75, 3.05) is 0 Å². The summed E-state index contributed by atoms with van der Waals surface area (Å²) in [6.45, 7) is 0. The van der Waals surface area contributed by atoms with Crippen molar-refractivity contribution in [3.05, 3.63) is 30.3 Å². The fourth-order valence-corrected chi connectivity index (χ4v) is 0.625. The first-order valence-corrected chi connectivity index (χ1v) is 2.72. The third-order valence-corrected chi connectivity index (χ3v) is 1.10. The van der Waals surface area contributed by atoms with Gasteiger partial charge in [0, 0.05) is 0 Å². The molecule has 0 radical (unpaired) electrons. The van der Waals surface area contributed by atoms with Crippen LogP contribution in [0.5, 0.6) is 0 Å². The summed E-state index contributed by atoms with van der Waals surface area (Å²) in [6, 6.07) is 8.66. The average Bonchev–Trinajstić information content (AvgIpc) is 1.90. The van der Waals surface area contributed by atoms with Gasteiger partial charge in [0.15, 0.2) is 0 Å². The van der Waals surface area contributed by atoms with Gasteiger partial charge in [-0.2, -0.15) is 0 Å². The maximum atomic E-state index is 8.58. The predicted octanol–water partition coefficient (Wildman–Crippen LogP) is 0.00250. The van der Waals surface area contributed by atoms with Gasteiger partial charge in [0.25, 0.3) is 0 Å². The topological polar surface area (TPSA) is 40.5 Å². The second-order valence-electron chi connectivity index (χ2n) is 1.78. The lowest BCUT2D eigenvalue weighted by molar-refractivity contribution is 0.426. The molecule has 0 aliphatic heterocycles. The molecule has 0 fully saturated rings. The SMILES string of the molecule is C.OB(O)c1ccccc1. The van der Waals surface area contributed by atoms with Crippen LogP contribution in [0.3, 0.4) is 0 Å². The molecular formula is C7H11BO2. The Balaban J connectivity index is 0.000000810. The Morgan fingerprint density at radius 1 is 1.00 bits per heavy atom. The summed E-state index contributed by atoms with van der Waals surface area (Å²) in [6.07, 6.45) is 0. The molecule has 1 aromatic rings. The first kappa shape index (κ1) is 9.20. The van der Waals surface area contributed by atoms with E-state index in [1.165, 1.54) is 0 Å². The summed E-state index contributed by atoms with van der Waals surface area (Å²) in [4.78, 5) is 0. The molecule has 0 unspecified atom stereocenters. The molecular weight excluding hydrogens is 127 g/mol. The van der Waals surface area contributed by atoms with Crippen LogP contribution in [0.15, 0.2) is 30.3 Å². The summed E-state index contributed by atoms with van der Waals surface area (Å²) in [5.41, 5.74) is 0.525. The van der Waals surface area contributed by atoms with Gasteiger partial charge in [-0.1, -0.05) is 37.8 Å². The van der Waals surface area contributed by atoms with Crippen LogP contribution >= 0.6 is 0 Å². The number of hydrogen-bond acceptors (Lipinski definition) is 2. The van der Waals surface area contributed by atoms with Gasteiger partial charge in [-0.05, 0) is 5.46 Å². The first-order valence-electron chi connectivity index (χ1n) is 2.72. The van der Waals surface area contributed by atoms with Crippen LogP contribution in [0.4, 0.5) is 0 Å². The number of hydrogen-bond donors (Lipinski definition) is 2. The van der Waals surface area contributed by atoms with Gasteiger partial charge in [0.1, 0.15) is 0 Å². The van der Waals surface area contributed by atoms with Crippen molar-refractivity contribution in [1.82, 2.24) is 0 Å². The van der Waals surface area contributed by atoms with E-state index in [4.69, 9.17) is 10.0 Å². The molecule has 0 aliphatic rings. The minimum absolute atomic E-state index is 0. The summed E-state index contributed by atoms with van der Waals surface area (Å²) >= 11 is 0. The molecule has 0 spiro atoms. The van der Waals surface area contributed by atoms with Crippen molar-refractivity contribution >= 4 is 12.6 Å². The van der Waals surface area contributed by atoms with Crippen molar-refractivity contribution in [3.8, 4) is 0 Å². The van der Waals surface area contributed by atoms with Gasteiger partial charge in [0.2, 0.25) is 0 Å². The zero-order valence-electron chi connectivity index (χ0n) is 4.86. The Labute approximate surface area is 61.3 Å². The van der Waals surface area contributed by atoms with Crippen molar-refractivity contribution < 1.29 is 10.0 Å². The van der Waals surface area contributed by atoms with Gasteiger partial charge in [-0.25, -0.2) is 0 Å². The second-order valence-corrected chi connectivity index (χ2v) is 1.78. The van der Waals surface area contributed by atoms with Crippen LogP contribution in [0.25, 0.3) is 0 Å². The lowest BCUT2D eigenvalue weighted by Crippen LogP contribution is -2.29. The Hall–Kier alpha value is -0.795. The smallest absolute Gasteiger partial charge is 0.423 e. The molecule has 2 nitrogen and oxygen atoms in total. The molecule has 3 heteroatoms. The molecule has 0 bridgehead atoms. The van der Waals surface area contributed by atoms with E-state index in [0.717, 1.165) is 0 Å². The molecule has 2 N–H and O–H groups in total. The Bertz CT molecular complexity index is 174. The van der Waals surface area contributed by atoms with Crippen LogP contribution in [-0.4, -0.2) is 17.2 Å². The standard InChI is InChI=1S/C6H7BO2.CH4/c8-7(9)6-4-2-1-3-5-6;/h1-5,8-9H;1H4. The summed E-state index contributed by atoms with van der Waals surface area (Å²) in [7, 11) is -1.34. The van der Waals surface area contributed by atoms with E-state index in [0.29, 0.717) is 5.46 Å². The molecule has 0 atom stereocenters. The summed E-state index contributed by atoms with van der Waals surface area (Å²) in [5.74, 6) is 0. The highest BCUT2D eigenvalue weighted by Gasteiger charge is 2.07. The quantitative estimate of drug-likeness (QED) is 0.536. The summed E-state index contributed by atoms with van der Waals surface area (Å²) < 4.78 is 0. The maximum absolute atomic E-state index is 8.58. The van der Waals surface area contributed by atoms with Crippen molar-refractivity contribution in [2.24, 2.45) is 0 Å². The van der Waals surface area contributed by atoms with Gasteiger partial charge < -0.3 is 10.0 Å². The van der Waals surface area contributed by atoms with Crippen molar-refractivity contribution in [1.29, 1.82) is 0 Å². The Morgan fingerprint density at radius 3 is 1.80 bits per heavy atom. The minimum Gasteiger partial charge on any atom is -0.423 e. The lowest BCUT2D eigenvalue weighted by atomic mass is 9.81. The maximum Gasteiger partial charge on any atom is 0.488 e. The predicted molar refractivity (Wildman–Crippen MR) is 43.0 cm³/mol. The Morgan fingerprint density at radius 2 is 1.50 bits per heavy atom. The van der Waals surface area contributed by atoms with Gasteiger partial charge in [-0.15, -0.1) is 0 Å². The fourth-order valence-electron chi connectivity index (χ4n) is 0.625. The molecule has 0 saturated carbocycles. The molecule has 1 aromatic carbocycles. The molecule has 0 aromatic heterocycles. The molecule has 0 aliphatic carbocycles. The van der Waals surface area contributed by atoms with E-state index in [-0.39, 0.29) is 7.43 Å². The van der Waals surface area contributed by atoms with E-state index in [1.807, 2.05) is 6.07 Å². The minimum atomic E-state index is -1.34. The highest BCUT2D eigenvalue weighted by Crippen LogP contribution is 1.82. The van der Waals surface area contributed by atoms with Crippen LogP contribution in [0, 0.1) is 0 Å². The lowest BCUT2D eigenvalue weighted by Gasteiger charge is -1.94. The largest absolute Gasteiger partial charge is 0.488 e. The summed E-state index contributed by atoms with van der Waals surface area (Å²) in [5, 5.41) is 17.2. The number of benzene rings is 1. The molecule has 0 heterocycles. The van der Waals surface area contributed by atoms with Gasteiger partial charge in [-0.3, -0.25) is 0 Å². The normalized spacial score (nSPS) is 8.20. The van der Waals surface area contributed by atoms with Crippen LogP contribution in [-0.2, 0) is 0 Å². The van der Waals surface area contributed by atoms with Crippen molar-refractivity contribution in [2.45, 2.75) is 7.43 Å². The van der Waals surface area contributed by atoms with Crippen LogP contribution < -0.4 is 5.46 Å². The third-order valence-electron chi connectivity index (χ3n) is 1.10. The monoisotopic (exact) mass is 138 g/mol. The fraction of sp³-hybridized carbons (Fsp3) is 0.143. The molecule has 1 rings (SSSR count). The van der Waals surface area contributed by atoms with Crippen LogP contribution in [0.1, 0.15) is 7.43 Å². The van der Waals surface area contributed by atoms with Gasteiger partial charge in [0.05, 0.1) is 0 Å². The molecule has 10 heavy (non-hydrogen) atoms. The second kappa shape index (κ2) is 4.09. The highest BCUT2D eigenvalue weighted by molar-refractivity contribution is 6.58. The van der Waals surface area contributed by atoms with E-state index < -0.39 is 7.12 Å².